The third-order valence-electron chi connectivity index (χ3n) is 1.77. The molecule has 0 radical (unpaired) electrons. The van der Waals surface area contributed by atoms with Gasteiger partial charge < -0.3 is 5.32 Å². The molecule has 0 aliphatic rings. The van der Waals surface area contributed by atoms with Gasteiger partial charge >= 0.3 is 0 Å². The number of rotatable bonds is 2. The minimum Gasteiger partial charge on any atom is -0.352 e. The van der Waals surface area contributed by atoms with Crippen LogP contribution in [0.4, 0.5) is 0 Å². The summed E-state index contributed by atoms with van der Waals surface area (Å²) in [6.07, 6.45) is 3.37. The molecule has 0 bridgehead atoms. The Morgan fingerprint density at radius 3 is 2.31 bits per heavy atom. The van der Waals surface area contributed by atoms with Crippen molar-refractivity contribution in [3.05, 3.63) is 23.8 Å². The van der Waals surface area contributed by atoms with Crippen LogP contribution in [0, 0.1) is 0 Å². The number of hydrogen-bond acceptors (Lipinski definition) is 3. The Hall–Kier alpha value is -1.45. The number of carbonyl (C=O) groups excluding carboxylic acids is 1. The van der Waals surface area contributed by atoms with E-state index in [0.717, 1.165) is 5.56 Å². The molecule has 1 aromatic heterocycles. The molecule has 0 aliphatic carbocycles. The molecule has 0 aromatic carbocycles. The fourth-order valence-corrected chi connectivity index (χ4v) is 0.865. The molecule has 0 aliphatic heterocycles. The van der Waals surface area contributed by atoms with Crippen molar-refractivity contribution in [3.63, 3.8) is 0 Å². The topological polar surface area (TPSA) is 54.9 Å². The second kappa shape index (κ2) is 3.98. The molecule has 0 spiro atoms. The summed E-state index contributed by atoms with van der Waals surface area (Å²) in [7, 11) is 1.56. The first-order valence-electron chi connectivity index (χ1n) is 4.19. The lowest BCUT2D eigenvalue weighted by Gasteiger charge is -2.03. The van der Waals surface area contributed by atoms with Crippen LogP contribution in [-0.2, 0) is 0 Å². The highest BCUT2D eigenvalue weighted by Gasteiger charge is 2.06. The van der Waals surface area contributed by atoms with Crippen molar-refractivity contribution in [2.75, 3.05) is 7.05 Å². The molecule has 13 heavy (non-hydrogen) atoms. The van der Waals surface area contributed by atoms with E-state index in [-0.39, 0.29) is 11.7 Å². The van der Waals surface area contributed by atoms with Gasteiger partial charge in [0.2, 0.25) is 5.82 Å². The Morgan fingerprint density at radius 2 is 1.92 bits per heavy atom. The number of hydrogen-bond donors (Lipinski definition) is 1. The van der Waals surface area contributed by atoms with Gasteiger partial charge in [-0.25, -0.2) is 9.97 Å². The maximum absolute atomic E-state index is 11.1. The monoisotopic (exact) mass is 179 g/mol. The van der Waals surface area contributed by atoms with Crippen molar-refractivity contribution in [1.82, 2.24) is 15.3 Å². The summed E-state index contributed by atoms with van der Waals surface area (Å²) in [5, 5.41) is 2.47. The molecule has 0 atom stereocenters. The zero-order chi connectivity index (χ0) is 9.84. The molecule has 0 saturated carbocycles. The summed E-state index contributed by atoms with van der Waals surface area (Å²) in [6, 6.07) is 0. The first-order valence-corrected chi connectivity index (χ1v) is 4.19. The van der Waals surface area contributed by atoms with Crippen molar-refractivity contribution < 1.29 is 4.79 Å². The summed E-state index contributed by atoms with van der Waals surface area (Å²) < 4.78 is 0. The van der Waals surface area contributed by atoms with E-state index >= 15 is 0 Å². The van der Waals surface area contributed by atoms with E-state index in [1.54, 1.807) is 19.4 Å². The average Bonchev–Trinajstić information content (AvgIpc) is 2.17. The van der Waals surface area contributed by atoms with Crippen LogP contribution >= 0.6 is 0 Å². The second-order valence-electron chi connectivity index (χ2n) is 3.07. The molecular formula is C9H13N3O. The van der Waals surface area contributed by atoms with Gasteiger partial charge in [-0.05, 0) is 11.5 Å². The van der Waals surface area contributed by atoms with Gasteiger partial charge in [0.05, 0.1) is 0 Å². The van der Waals surface area contributed by atoms with Crippen molar-refractivity contribution in [1.29, 1.82) is 0 Å². The van der Waals surface area contributed by atoms with Crippen molar-refractivity contribution in [3.8, 4) is 0 Å². The van der Waals surface area contributed by atoms with Crippen LogP contribution in [0.1, 0.15) is 35.9 Å². The van der Waals surface area contributed by atoms with Gasteiger partial charge in [0.15, 0.2) is 0 Å². The normalized spacial score (nSPS) is 10.2. The van der Waals surface area contributed by atoms with Gasteiger partial charge in [-0.2, -0.15) is 0 Å². The van der Waals surface area contributed by atoms with Gasteiger partial charge in [-0.1, -0.05) is 13.8 Å². The van der Waals surface area contributed by atoms with Crippen LogP contribution < -0.4 is 5.32 Å². The number of carbonyl (C=O) groups is 1. The van der Waals surface area contributed by atoms with Crippen molar-refractivity contribution in [2.24, 2.45) is 0 Å². The number of aromatic nitrogens is 2. The van der Waals surface area contributed by atoms with Crippen LogP contribution in [0.25, 0.3) is 0 Å². The summed E-state index contributed by atoms with van der Waals surface area (Å²) in [5.74, 6) is 0.348. The van der Waals surface area contributed by atoms with Crippen LogP contribution in [0.3, 0.4) is 0 Å². The lowest BCUT2D eigenvalue weighted by Crippen LogP contribution is -2.20. The van der Waals surface area contributed by atoms with E-state index in [1.807, 2.05) is 0 Å². The molecule has 0 fully saturated rings. The zero-order valence-electron chi connectivity index (χ0n) is 8.03. The standard InChI is InChI=1S/C9H13N3O/c1-6(2)7-4-11-8(12-5-7)9(13)10-3/h4-6H,1-3H3,(H,10,13). The molecule has 0 saturated heterocycles. The number of nitrogens with one attached hydrogen (secondary N) is 1. The van der Waals surface area contributed by atoms with Crippen LogP contribution in [-0.4, -0.2) is 22.9 Å². The SMILES string of the molecule is CNC(=O)c1ncc(C(C)C)cn1. The highest BCUT2D eigenvalue weighted by Crippen LogP contribution is 2.10. The van der Waals surface area contributed by atoms with Crippen molar-refractivity contribution >= 4 is 5.91 Å². The molecule has 4 heteroatoms. The van der Waals surface area contributed by atoms with E-state index in [4.69, 9.17) is 0 Å². The number of amides is 1. The molecule has 1 heterocycles. The Balaban J connectivity index is 2.87. The molecule has 1 N–H and O–H groups in total. The van der Waals surface area contributed by atoms with Gasteiger partial charge in [0, 0.05) is 19.4 Å². The Bertz CT molecular complexity index is 292. The minimum absolute atomic E-state index is 0.215. The molecule has 1 aromatic rings. The summed E-state index contributed by atoms with van der Waals surface area (Å²) in [5.41, 5.74) is 1.03. The quantitative estimate of drug-likeness (QED) is 0.735. The molecule has 0 unspecified atom stereocenters. The predicted octanol–water partition coefficient (Wildman–Crippen LogP) is 0.960. The third-order valence-corrected chi connectivity index (χ3v) is 1.77. The highest BCUT2D eigenvalue weighted by molar-refractivity contribution is 5.89. The summed E-state index contributed by atoms with van der Waals surface area (Å²) >= 11 is 0. The minimum atomic E-state index is -0.254. The Kier molecular flexibility index (Phi) is 2.95. The second-order valence-corrected chi connectivity index (χ2v) is 3.07. The Labute approximate surface area is 77.4 Å². The zero-order valence-corrected chi connectivity index (χ0v) is 8.03. The van der Waals surface area contributed by atoms with Gasteiger partial charge in [-0.3, -0.25) is 4.79 Å². The maximum Gasteiger partial charge on any atom is 0.288 e. The molecule has 4 nitrogen and oxygen atoms in total. The smallest absolute Gasteiger partial charge is 0.288 e. The summed E-state index contributed by atoms with van der Waals surface area (Å²) in [6.45, 7) is 4.11. The predicted molar refractivity (Wildman–Crippen MR) is 49.5 cm³/mol. The number of nitrogens with zero attached hydrogens (tertiary/aromatic N) is 2. The van der Waals surface area contributed by atoms with Crippen LogP contribution in [0.2, 0.25) is 0 Å². The summed E-state index contributed by atoms with van der Waals surface area (Å²) in [4.78, 5) is 19.0. The van der Waals surface area contributed by atoms with Crippen molar-refractivity contribution in [2.45, 2.75) is 19.8 Å². The van der Waals surface area contributed by atoms with Gasteiger partial charge in [-0.15, -0.1) is 0 Å². The maximum atomic E-state index is 11.1. The largest absolute Gasteiger partial charge is 0.352 e. The van der Waals surface area contributed by atoms with Crippen LogP contribution in [0.15, 0.2) is 12.4 Å². The lowest BCUT2D eigenvalue weighted by atomic mass is 10.1. The van der Waals surface area contributed by atoms with Gasteiger partial charge in [0.25, 0.3) is 5.91 Å². The molecule has 70 valence electrons. The molecule has 1 amide bonds. The van der Waals surface area contributed by atoms with Gasteiger partial charge in [0.1, 0.15) is 0 Å². The third kappa shape index (κ3) is 2.24. The van der Waals surface area contributed by atoms with Crippen LogP contribution in [0.5, 0.6) is 0 Å². The fourth-order valence-electron chi connectivity index (χ4n) is 0.865. The van der Waals surface area contributed by atoms with E-state index in [9.17, 15) is 4.79 Å². The van der Waals surface area contributed by atoms with E-state index in [0.29, 0.717) is 5.92 Å². The van der Waals surface area contributed by atoms with E-state index in [2.05, 4.69) is 29.1 Å². The molecular weight excluding hydrogens is 166 g/mol. The molecule has 1 rings (SSSR count). The average molecular weight is 179 g/mol. The first kappa shape index (κ1) is 9.64. The first-order chi connectivity index (χ1) is 6.15. The lowest BCUT2D eigenvalue weighted by molar-refractivity contribution is 0.0952. The fraction of sp³-hybridized carbons (Fsp3) is 0.444. The Morgan fingerprint density at radius 1 is 1.38 bits per heavy atom. The highest BCUT2D eigenvalue weighted by atomic mass is 16.2. The van der Waals surface area contributed by atoms with E-state index in [1.165, 1.54) is 0 Å². The van der Waals surface area contributed by atoms with E-state index < -0.39 is 0 Å².